The van der Waals surface area contributed by atoms with Crippen LogP contribution in [0.15, 0.2) is 24.5 Å². The van der Waals surface area contributed by atoms with E-state index in [4.69, 9.17) is 10.2 Å². The van der Waals surface area contributed by atoms with Crippen molar-refractivity contribution in [1.29, 1.82) is 0 Å². The maximum Gasteiger partial charge on any atom is 0.335 e. The minimum atomic E-state index is -3.24. The molecule has 0 aliphatic heterocycles. The smallest absolute Gasteiger partial charge is 0.335 e. The molecular weight excluding hydrogens is 246 g/mol. The molecule has 0 spiro atoms. The lowest BCUT2D eigenvalue weighted by Crippen LogP contribution is -2.27. The Morgan fingerprint density at radius 3 is 2.78 bits per heavy atom. The van der Waals surface area contributed by atoms with Gasteiger partial charge in [0.05, 0.1) is 29.5 Å². The van der Waals surface area contributed by atoms with E-state index in [-0.39, 0.29) is 5.56 Å². The summed E-state index contributed by atoms with van der Waals surface area (Å²) in [6.45, 7) is -1.95. The molecule has 0 fully saturated rings. The van der Waals surface area contributed by atoms with Gasteiger partial charge in [0.1, 0.15) is 6.61 Å². The van der Waals surface area contributed by atoms with Gasteiger partial charge in [0.25, 0.3) is 5.92 Å². The Morgan fingerprint density at radius 1 is 1.44 bits per heavy atom. The Morgan fingerprint density at radius 2 is 2.17 bits per heavy atom. The summed E-state index contributed by atoms with van der Waals surface area (Å²) in [4.78, 5) is 14.6. The van der Waals surface area contributed by atoms with Crippen molar-refractivity contribution in [1.82, 2.24) is 9.55 Å². The predicted octanol–water partition coefficient (Wildman–Crippen LogP) is 1.36. The molecule has 0 saturated carbocycles. The molecule has 7 heteroatoms. The van der Waals surface area contributed by atoms with Crippen molar-refractivity contribution in [3.05, 3.63) is 30.1 Å². The number of aliphatic hydroxyl groups is 1. The highest BCUT2D eigenvalue weighted by molar-refractivity contribution is 5.92. The van der Waals surface area contributed by atoms with Crippen molar-refractivity contribution in [2.24, 2.45) is 0 Å². The number of aromatic nitrogens is 2. The van der Waals surface area contributed by atoms with E-state index < -0.39 is 25.0 Å². The fraction of sp³-hybridized carbons (Fsp3) is 0.273. The first-order valence-electron chi connectivity index (χ1n) is 5.10. The van der Waals surface area contributed by atoms with Crippen molar-refractivity contribution in [2.75, 3.05) is 6.61 Å². The maximum absolute atomic E-state index is 13.1. The third-order valence-corrected chi connectivity index (χ3v) is 2.50. The molecular formula is C11H10F2N2O3. The highest BCUT2D eigenvalue weighted by atomic mass is 19.3. The second kappa shape index (κ2) is 4.34. The van der Waals surface area contributed by atoms with E-state index >= 15 is 0 Å². The van der Waals surface area contributed by atoms with Gasteiger partial charge in [0.15, 0.2) is 0 Å². The lowest BCUT2D eigenvalue weighted by molar-refractivity contribution is -0.0621. The minimum Gasteiger partial charge on any atom is -0.478 e. The van der Waals surface area contributed by atoms with E-state index in [2.05, 4.69) is 4.98 Å². The Labute approximate surface area is 100 Å². The normalized spacial score (nSPS) is 11.9. The second-order valence-electron chi connectivity index (χ2n) is 3.90. The van der Waals surface area contributed by atoms with Crippen LogP contribution in [0.4, 0.5) is 8.78 Å². The average molecular weight is 256 g/mol. The summed E-state index contributed by atoms with van der Waals surface area (Å²) in [7, 11) is 0. The van der Waals surface area contributed by atoms with Gasteiger partial charge in [-0.25, -0.2) is 18.6 Å². The van der Waals surface area contributed by atoms with E-state index in [0.29, 0.717) is 11.0 Å². The maximum atomic E-state index is 13.1. The fourth-order valence-corrected chi connectivity index (χ4v) is 1.62. The third-order valence-electron chi connectivity index (χ3n) is 2.50. The number of benzene rings is 1. The number of rotatable bonds is 4. The van der Waals surface area contributed by atoms with Gasteiger partial charge < -0.3 is 14.8 Å². The van der Waals surface area contributed by atoms with Crippen LogP contribution in [0.5, 0.6) is 0 Å². The molecule has 0 radical (unpaired) electrons. The van der Waals surface area contributed by atoms with Crippen molar-refractivity contribution in [3.63, 3.8) is 0 Å². The molecule has 2 N–H and O–H groups in total. The van der Waals surface area contributed by atoms with Crippen molar-refractivity contribution in [3.8, 4) is 0 Å². The van der Waals surface area contributed by atoms with E-state index in [1.54, 1.807) is 0 Å². The van der Waals surface area contributed by atoms with Gasteiger partial charge >= 0.3 is 5.97 Å². The lowest BCUT2D eigenvalue weighted by Gasteiger charge is -2.14. The molecule has 0 bridgehead atoms. The van der Waals surface area contributed by atoms with E-state index in [1.165, 1.54) is 29.1 Å². The van der Waals surface area contributed by atoms with Gasteiger partial charge in [-0.2, -0.15) is 0 Å². The van der Waals surface area contributed by atoms with Crippen LogP contribution in [-0.2, 0) is 6.54 Å². The zero-order valence-electron chi connectivity index (χ0n) is 9.18. The number of aliphatic hydroxyl groups excluding tert-OH is 1. The summed E-state index contributed by atoms with van der Waals surface area (Å²) >= 11 is 0. The molecule has 18 heavy (non-hydrogen) atoms. The quantitative estimate of drug-likeness (QED) is 0.866. The Balaban J connectivity index is 2.40. The summed E-state index contributed by atoms with van der Waals surface area (Å²) in [5, 5.41) is 17.3. The molecule has 1 aromatic carbocycles. The molecule has 0 amide bonds. The summed E-state index contributed by atoms with van der Waals surface area (Å²) in [6, 6.07) is 4.05. The van der Waals surface area contributed by atoms with Crippen LogP contribution >= 0.6 is 0 Å². The number of aromatic carboxylic acids is 1. The molecule has 0 aliphatic rings. The first-order valence-corrected chi connectivity index (χ1v) is 5.10. The van der Waals surface area contributed by atoms with Crippen LogP contribution in [0, 0.1) is 0 Å². The van der Waals surface area contributed by atoms with Crippen molar-refractivity contribution >= 4 is 17.0 Å². The first-order chi connectivity index (χ1) is 8.43. The van der Waals surface area contributed by atoms with Crippen LogP contribution < -0.4 is 0 Å². The van der Waals surface area contributed by atoms with Gasteiger partial charge in [-0.05, 0) is 18.2 Å². The van der Waals surface area contributed by atoms with Gasteiger partial charge in [0.2, 0.25) is 0 Å². The average Bonchev–Trinajstić information content (AvgIpc) is 2.71. The topological polar surface area (TPSA) is 75.3 Å². The molecule has 96 valence electrons. The number of alkyl halides is 2. The van der Waals surface area contributed by atoms with Gasteiger partial charge in [-0.15, -0.1) is 0 Å². The molecule has 0 atom stereocenters. The number of imidazole rings is 1. The van der Waals surface area contributed by atoms with Gasteiger partial charge in [-0.1, -0.05) is 0 Å². The van der Waals surface area contributed by atoms with Gasteiger partial charge in [0, 0.05) is 0 Å². The Bertz CT molecular complexity index is 595. The van der Waals surface area contributed by atoms with Crippen LogP contribution in [0.3, 0.4) is 0 Å². The number of halogens is 2. The molecule has 2 aromatic rings. The molecule has 0 aliphatic carbocycles. The highest BCUT2D eigenvalue weighted by Gasteiger charge is 2.28. The van der Waals surface area contributed by atoms with Crippen LogP contribution in [0.25, 0.3) is 11.0 Å². The zero-order valence-corrected chi connectivity index (χ0v) is 9.18. The monoisotopic (exact) mass is 256 g/mol. The standard InChI is InChI=1S/C11H10F2N2O3/c12-11(13,5-16)4-15-6-14-8-3-7(10(17)18)1-2-9(8)15/h1-3,6,16H,4-5H2,(H,17,18). The Kier molecular flexibility index (Phi) is 3.00. The lowest BCUT2D eigenvalue weighted by atomic mass is 10.2. The number of carboxylic acid groups (broad SMARTS) is 1. The summed E-state index contributed by atoms with van der Waals surface area (Å²) in [5.74, 6) is -4.34. The van der Waals surface area contributed by atoms with Crippen LogP contribution in [-0.4, -0.2) is 38.3 Å². The van der Waals surface area contributed by atoms with Crippen molar-refractivity contribution < 1.29 is 23.8 Å². The van der Waals surface area contributed by atoms with E-state index in [0.717, 1.165) is 0 Å². The molecule has 0 unspecified atom stereocenters. The molecule has 0 saturated heterocycles. The number of fused-ring (bicyclic) bond motifs is 1. The summed E-state index contributed by atoms with van der Waals surface area (Å²) in [6.07, 6.45) is 1.19. The second-order valence-corrected chi connectivity index (χ2v) is 3.90. The fourth-order valence-electron chi connectivity index (χ4n) is 1.62. The molecule has 5 nitrogen and oxygen atoms in total. The van der Waals surface area contributed by atoms with Crippen molar-refractivity contribution in [2.45, 2.75) is 12.5 Å². The van der Waals surface area contributed by atoms with E-state index in [1.807, 2.05) is 0 Å². The largest absolute Gasteiger partial charge is 0.478 e. The number of hydrogen-bond donors (Lipinski definition) is 2. The van der Waals surface area contributed by atoms with Crippen LogP contribution in [0.1, 0.15) is 10.4 Å². The highest BCUT2D eigenvalue weighted by Crippen LogP contribution is 2.20. The summed E-state index contributed by atoms with van der Waals surface area (Å²) in [5.41, 5.74) is 0.762. The molecule has 1 aromatic heterocycles. The molecule has 2 rings (SSSR count). The first kappa shape index (κ1) is 12.4. The number of carbonyl (C=O) groups is 1. The number of hydrogen-bond acceptors (Lipinski definition) is 3. The van der Waals surface area contributed by atoms with Crippen LogP contribution in [0.2, 0.25) is 0 Å². The predicted molar refractivity (Wildman–Crippen MR) is 58.7 cm³/mol. The zero-order chi connectivity index (χ0) is 13.3. The SMILES string of the molecule is O=C(O)c1ccc2c(c1)ncn2CC(F)(F)CO. The Hall–Kier alpha value is -2.02. The number of carboxylic acids is 1. The third kappa shape index (κ3) is 2.30. The molecule has 1 heterocycles. The van der Waals surface area contributed by atoms with Gasteiger partial charge in [-0.3, -0.25) is 0 Å². The number of nitrogens with zero attached hydrogens (tertiary/aromatic N) is 2. The minimum absolute atomic E-state index is 0.0432. The summed E-state index contributed by atoms with van der Waals surface area (Å²) < 4.78 is 27.3. The van der Waals surface area contributed by atoms with E-state index in [9.17, 15) is 13.6 Å².